The third-order valence-corrected chi connectivity index (χ3v) is 6.99. The van der Waals surface area contributed by atoms with Crippen molar-refractivity contribution in [3.63, 3.8) is 0 Å². The van der Waals surface area contributed by atoms with Gasteiger partial charge in [-0.25, -0.2) is 4.98 Å². The van der Waals surface area contributed by atoms with Gasteiger partial charge >= 0.3 is 0 Å². The topological polar surface area (TPSA) is 110 Å². The predicted octanol–water partition coefficient (Wildman–Crippen LogP) is 4.83. The molecule has 2 N–H and O–H groups in total. The normalized spacial score (nSPS) is 13.4. The van der Waals surface area contributed by atoms with Gasteiger partial charge in [0, 0.05) is 36.0 Å². The summed E-state index contributed by atoms with van der Waals surface area (Å²) >= 11 is 6.90. The van der Waals surface area contributed by atoms with Crippen molar-refractivity contribution in [2.24, 2.45) is 0 Å². The lowest BCUT2D eigenvalue weighted by Gasteiger charge is -2.28. The zero-order valence-electron chi connectivity index (χ0n) is 19.0. The smallest absolute Gasteiger partial charge is 0.293 e. The van der Waals surface area contributed by atoms with Crippen LogP contribution in [0.1, 0.15) is 10.4 Å². The molecule has 0 saturated carbocycles. The number of fused-ring (bicyclic) bond motifs is 1. The first-order valence-corrected chi connectivity index (χ1v) is 12.4. The number of thiazole rings is 1. The quantitative estimate of drug-likeness (QED) is 0.219. The first kappa shape index (κ1) is 23.8. The number of carbonyl (C=O) groups excluding carboxylic acids is 1. The number of nitro groups is 1. The monoisotopic (exact) mass is 519 g/mol. The molecule has 4 aromatic rings. The fourth-order valence-corrected chi connectivity index (χ4v) is 5.09. The van der Waals surface area contributed by atoms with E-state index in [1.807, 2.05) is 53.4 Å². The van der Waals surface area contributed by atoms with Crippen LogP contribution in [0.25, 0.3) is 20.8 Å². The van der Waals surface area contributed by atoms with Crippen molar-refractivity contribution >= 4 is 61.9 Å². The summed E-state index contributed by atoms with van der Waals surface area (Å²) in [5.41, 5.74) is 3.11. The summed E-state index contributed by atoms with van der Waals surface area (Å²) in [5.74, 6) is -0.532. The third kappa shape index (κ3) is 5.18. The van der Waals surface area contributed by atoms with Gasteiger partial charge in [-0.3, -0.25) is 20.2 Å². The highest BCUT2D eigenvalue weighted by molar-refractivity contribution is 7.80. The number of amides is 1. The van der Waals surface area contributed by atoms with E-state index in [2.05, 4.69) is 15.6 Å². The highest BCUT2D eigenvalue weighted by Gasteiger charge is 2.23. The lowest BCUT2D eigenvalue weighted by molar-refractivity contribution is -0.384. The molecule has 182 valence electrons. The Bertz CT molecular complexity index is 1420. The number of anilines is 2. The lowest BCUT2D eigenvalue weighted by Crippen LogP contribution is -2.37. The number of hydrogen-bond acceptors (Lipinski definition) is 8. The maximum atomic E-state index is 12.7. The van der Waals surface area contributed by atoms with Gasteiger partial charge in [-0.15, -0.1) is 11.3 Å². The van der Waals surface area contributed by atoms with E-state index < -0.39 is 10.8 Å². The number of benzene rings is 3. The number of carbonyl (C=O) groups is 1. The van der Waals surface area contributed by atoms with Crippen molar-refractivity contribution in [2.45, 2.75) is 0 Å². The van der Waals surface area contributed by atoms with E-state index in [1.165, 1.54) is 6.07 Å². The number of nitrogens with zero attached hydrogens (tertiary/aromatic N) is 3. The van der Waals surface area contributed by atoms with Crippen molar-refractivity contribution in [1.29, 1.82) is 0 Å². The summed E-state index contributed by atoms with van der Waals surface area (Å²) in [5, 5.41) is 18.2. The van der Waals surface area contributed by atoms with Crippen LogP contribution in [0.3, 0.4) is 0 Å². The van der Waals surface area contributed by atoms with E-state index in [0.717, 1.165) is 20.8 Å². The van der Waals surface area contributed by atoms with Crippen LogP contribution in [0.2, 0.25) is 0 Å². The highest BCUT2D eigenvalue weighted by Crippen LogP contribution is 2.31. The van der Waals surface area contributed by atoms with Crippen molar-refractivity contribution in [3.05, 3.63) is 82.4 Å². The molecule has 9 nitrogen and oxygen atoms in total. The molecule has 11 heteroatoms. The summed E-state index contributed by atoms with van der Waals surface area (Å²) < 4.78 is 6.44. The van der Waals surface area contributed by atoms with Crippen molar-refractivity contribution in [1.82, 2.24) is 10.3 Å². The number of ether oxygens (including phenoxy) is 1. The van der Waals surface area contributed by atoms with Gasteiger partial charge in [-0.1, -0.05) is 12.1 Å². The average molecular weight is 520 g/mol. The standard InChI is InChI=1S/C25H21N5O4S2/c31-23(17-7-10-20(21(15-17)30(32)33)29-11-13-34-14-12-29)28-25(35)26-18-8-5-16(6-9-18)24-27-19-3-1-2-4-22(19)36-24/h1-10,15H,11-14H2,(H2,26,28,31,35). The van der Waals surface area contributed by atoms with E-state index in [9.17, 15) is 14.9 Å². The fourth-order valence-electron chi connectivity index (χ4n) is 3.91. The molecule has 36 heavy (non-hydrogen) atoms. The minimum atomic E-state index is -0.532. The molecule has 0 aliphatic carbocycles. The van der Waals surface area contributed by atoms with Crippen LogP contribution in [0.4, 0.5) is 17.1 Å². The Morgan fingerprint density at radius 2 is 1.83 bits per heavy atom. The molecule has 5 rings (SSSR count). The summed E-state index contributed by atoms with van der Waals surface area (Å²) in [6.07, 6.45) is 0. The number of morpholine rings is 1. The van der Waals surface area contributed by atoms with E-state index >= 15 is 0 Å². The lowest BCUT2D eigenvalue weighted by atomic mass is 10.1. The summed E-state index contributed by atoms with van der Waals surface area (Å²) in [6.45, 7) is 2.11. The minimum absolute atomic E-state index is 0.0904. The Morgan fingerprint density at radius 1 is 1.08 bits per heavy atom. The van der Waals surface area contributed by atoms with Crippen LogP contribution in [0.15, 0.2) is 66.7 Å². The number of nitrogens with one attached hydrogen (secondary N) is 2. The molecule has 1 aromatic heterocycles. The molecule has 2 heterocycles. The molecule has 1 amide bonds. The molecule has 0 atom stereocenters. The first-order chi connectivity index (χ1) is 17.5. The van der Waals surface area contributed by atoms with E-state index in [4.69, 9.17) is 17.0 Å². The Balaban J connectivity index is 1.24. The van der Waals surface area contributed by atoms with Gasteiger partial charge in [0.1, 0.15) is 10.7 Å². The zero-order valence-corrected chi connectivity index (χ0v) is 20.6. The number of para-hydroxylation sites is 1. The SMILES string of the molecule is O=C(NC(=S)Nc1ccc(-c2nc3ccccc3s2)cc1)c1ccc(N2CCOCC2)c([N+](=O)[O-])c1. The highest BCUT2D eigenvalue weighted by atomic mass is 32.1. The Labute approximate surface area is 215 Å². The molecule has 0 radical (unpaired) electrons. The number of hydrogen-bond donors (Lipinski definition) is 2. The summed E-state index contributed by atoms with van der Waals surface area (Å²) in [7, 11) is 0. The first-order valence-electron chi connectivity index (χ1n) is 11.2. The fraction of sp³-hybridized carbons (Fsp3) is 0.160. The van der Waals surface area contributed by atoms with Gasteiger partial charge in [0.15, 0.2) is 5.11 Å². The van der Waals surface area contributed by atoms with Gasteiger partial charge in [-0.2, -0.15) is 0 Å². The second-order valence-corrected chi connectivity index (χ2v) is 9.47. The molecule has 1 aliphatic rings. The van der Waals surface area contributed by atoms with Gasteiger partial charge in [0.25, 0.3) is 11.6 Å². The van der Waals surface area contributed by atoms with Gasteiger partial charge in [0.05, 0.1) is 28.4 Å². The molecule has 0 unspecified atom stereocenters. The number of nitro benzene ring substituents is 1. The van der Waals surface area contributed by atoms with Crippen LogP contribution in [-0.2, 0) is 4.74 Å². The van der Waals surface area contributed by atoms with Crippen LogP contribution in [-0.4, -0.2) is 47.2 Å². The predicted molar refractivity (Wildman–Crippen MR) is 145 cm³/mol. The zero-order chi connectivity index (χ0) is 25.1. The molecule has 3 aromatic carbocycles. The van der Waals surface area contributed by atoms with Crippen LogP contribution < -0.4 is 15.5 Å². The van der Waals surface area contributed by atoms with Crippen molar-refractivity contribution in [2.75, 3.05) is 36.5 Å². The van der Waals surface area contributed by atoms with Gasteiger partial charge in [0.2, 0.25) is 0 Å². The molecule has 0 bridgehead atoms. The molecule has 1 aliphatic heterocycles. The summed E-state index contributed by atoms with van der Waals surface area (Å²) in [6, 6.07) is 20.0. The van der Waals surface area contributed by atoms with Crippen molar-refractivity contribution in [3.8, 4) is 10.6 Å². The van der Waals surface area contributed by atoms with Crippen LogP contribution in [0.5, 0.6) is 0 Å². The maximum Gasteiger partial charge on any atom is 0.293 e. The molecule has 1 fully saturated rings. The Kier molecular flexibility index (Phi) is 6.85. The van der Waals surface area contributed by atoms with Gasteiger partial charge < -0.3 is 15.0 Å². The average Bonchev–Trinajstić information content (AvgIpc) is 3.33. The molecule has 1 saturated heterocycles. The van der Waals surface area contributed by atoms with E-state index in [0.29, 0.717) is 37.7 Å². The summed E-state index contributed by atoms with van der Waals surface area (Å²) in [4.78, 5) is 30.4. The molecular weight excluding hydrogens is 498 g/mol. The largest absolute Gasteiger partial charge is 0.378 e. The van der Waals surface area contributed by atoms with Crippen molar-refractivity contribution < 1.29 is 14.5 Å². The van der Waals surface area contributed by atoms with Crippen LogP contribution >= 0.6 is 23.6 Å². The maximum absolute atomic E-state index is 12.7. The van der Waals surface area contributed by atoms with E-state index in [-0.39, 0.29) is 16.4 Å². The Morgan fingerprint density at radius 3 is 2.56 bits per heavy atom. The second-order valence-electron chi connectivity index (χ2n) is 8.03. The third-order valence-electron chi connectivity index (χ3n) is 5.70. The van der Waals surface area contributed by atoms with Crippen LogP contribution in [0, 0.1) is 10.1 Å². The number of thiocarbonyl (C=S) groups is 1. The molecular formula is C25H21N5O4S2. The van der Waals surface area contributed by atoms with E-state index in [1.54, 1.807) is 23.5 Å². The van der Waals surface area contributed by atoms with Gasteiger partial charge in [-0.05, 0) is 60.7 Å². The second kappa shape index (κ2) is 10.4. The Hall–Kier alpha value is -3.93. The molecule has 0 spiro atoms. The number of rotatable bonds is 5. The number of aromatic nitrogens is 1. The minimum Gasteiger partial charge on any atom is -0.378 e.